The lowest BCUT2D eigenvalue weighted by Crippen LogP contribution is -2.41. The van der Waals surface area contributed by atoms with Gasteiger partial charge in [-0.25, -0.2) is 0 Å². The number of amides is 2. The number of rotatable bonds is 6. The van der Waals surface area contributed by atoms with E-state index in [0.717, 1.165) is 0 Å². The zero-order valence-electron chi connectivity index (χ0n) is 13.5. The molecular weight excluding hydrogens is 270 g/mol. The first-order chi connectivity index (χ1) is 9.67. The molecule has 21 heavy (non-hydrogen) atoms. The first-order valence-corrected chi connectivity index (χ1v) is 7.15. The van der Waals surface area contributed by atoms with Gasteiger partial charge in [-0.3, -0.25) is 9.59 Å². The highest BCUT2D eigenvalue weighted by Gasteiger charge is 2.23. The van der Waals surface area contributed by atoms with Crippen molar-refractivity contribution in [3.8, 4) is 0 Å². The first-order valence-electron chi connectivity index (χ1n) is 7.15. The van der Waals surface area contributed by atoms with Crippen LogP contribution in [0.3, 0.4) is 0 Å². The van der Waals surface area contributed by atoms with Gasteiger partial charge in [0.1, 0.15) is 6.26 Å². The number of nitrogens with one attached hydrogen (secondary N) is 1. The van der Waals surface area contributed by atoms with Gasteiger partial charge in [0, 0.05) is 19.0 Å². The Morgan fingerprint density at radius 2 is 2.05 bits per heavy atom. The molecule has 0 bridgehead atoms. The van der Waals surface area contributed by atoms with Crippen LogP contribution >= 0.6 is 0 Å². The van der Waals surface area contributed by atoms with Crippen LogP contribution in [0.15, 0.2) is 16.9 Å². The molecule has 0 aliphatic heterocycles. The van der Waals surface area contributed by atoms with E-state index in [1.165, 1.54) is 6.26 Å². The molecular formula is C15H25N3O3. The quantitative estimate of drug-likeness (QED) is 0.875. The second kappa shape index (κ2) is 7.24. The van der Waals surface area contributed by atoms with E-state index in [9.17, 15) is 9.59 Å². The maximum atomic E-state index is 12.3. The molecule has 1 aromatic rings. The summed E-state index contributed by atoms with van der Waals surface area (Å²) in [5, 5.41) is 6.22. The second-order valence-corrected chi connectivity index (χ2v) is 6.84. The molecule has 6 heteroatoms. The zero-order chi connectivity index (χ0) is 16.0. The van der Waals surface area contributed by atoms with Crippen molar-refractivity contribution in [2.75, 3.05) is 18.4 Å². The fourth-order valence-corrected chi connectivity index (χ4v) is 1.89. The van der Waals surface area contributed by atoms with E-state index >= 15 is 0 Å². The second-order valence-electron chi connectivity index (χ2n) is 6.84. The fraction of sp³-hybridized carbons (Fsp3) is 0.667. The molecule has 0 unspecified atom stereocenters. The van der Waals surface area contributed by atoms with Gasteiger partial charge in [-0.2, -0.15) is 0 Å². The predicted molar refractivity (Wildman–Crippen MR) is 80.6 cm³/mol. The first kappa shape index (κ1) is 17.2. The number of hydrogen-bond donors (Lipinski definition) is 1. The molecule has 0 radical (unpaired) electrons. The highest BCUT2D eigenvalue weighted by molar-refractivity contribution is 5.93. The number of nitrogens with zero attached hydrogens (tertiary/aromatic N) is 2. The highest BCUT2D eigenvalue weighted by Crippen LogP contribution is 2.20. The Morgan fingerprint density at radius 3 is 2.52 bits per heavy atom. The van der Waals surface area contributed by atoms with Crippen molar-refractivity contribution >= 4 is 17.6 Å². The SMILES string of the molecule is CC(C)CN(CC(=O)Nc1ccon1)C(=O)CC(C)(C)C. The standard InChI is InChI=1S/C15H25N3O3/c1-11(2)9-18(14(20)8-15(3,4)5)10-13(19)16-12-6-7-21-17-12/h6-7,11H,8-10H2,1-5H3,(H,16,17,19). The molecule has 0 aromatic carbocycles. The summed E-state index contributed by atoms with van der Waals surface area (Å²) in [6.45, 7) is 10.6. The van der Waals surface area contributed by atoms with Crippen LogP contribution < -0.4 is 5.32 Å². The Kier molecular flexibility index (Phi) is 5.93. The Bertz CT molecular complexity index is 461. The number of carbonyl (C=O) groups is 2. The molecule has 1 heterocycles. The molecule has 1 aromatic heterocycles. The van der Waals surface area contributed by atoms with Crippen LogP contribution in [-0.2, 0) is 9.59 Å². The number of carbonyl (C=O) groups excluding carboxylic acids is 2. The minimum Gasteiger partial charge on any atom is -0.363 e. The van der Waals surface area contributed by atoms with Gasteiger partial charge in [0.05, 0.1) is 6.54 Å². The van der Waals surface area contributed by atoms with Gasteiger partial charge in [0.2, 0.25) is 11.8 Å². The average molecular weight is 295 g/mol. The van der Waals surface area contributed by atoms with Crippen LogP contribution in [0.5, 0.6) is 0 Å². The van der Waals surface area contributed by atoms with Crippen LogP contribution in [0.25, 0.3) is 0 Å². The van der Waals surface area contributed by atoms with Crippen LogP contribution in [0, 0.1) is 11.3 Å². The van der Waals surface area contributed by atoms with Gasteiger partial charge in [-0.1, -0.05) is 39.8 Å². The zero-order valence-corrected chi connectivity index (χ0v) is 13.5. The number of aromatic nitrogens is 1. The third kappa shape index (κ3) is 6.92. The number of hydrogen-bond acceptors (Lipinski definition) is 4. The lowest BCUT2D eigenvalue weighted by molar-refractivity contribution is -0.136. The molecule has 0 saturated heterocycles. The molecule has 118 valence electrons. The van der Waals surface area contributed by atoms with Crippen molar-refractivity contribution in [3.05, 3.63) is 12.3 Å². The van der Waals surface area contributed by atoms with E-state index in [-0.39, 0.29) is 23.8 Å². The van der Waals surface area contributed by atoms with Gasteiger partial charge in [0.15, 0.2) is 5.82 Å². The summed E-state index contributed by atoms with van der Waals surface area (Å²) in [4.78, 5) is 25.9. The summed E-state index contributed by atoms with van der Waals surface area (Å²) in [6, 6.07) is 1.56. The summed E-state index contributed by atoms with van der Waals surface area (Å²) in [7, 11) is 0. The molecule has 0 spiro atoms. The predicted octanol–water partition coefficient (Wildman–Crippen LogP) is 2.53. The third-order valence-corrected chi connectivity index (χ3v) is 2.66. The van der Waals surface area contributed by atoms with Crippen molar-refractivity contribution in [1.29, 1.82) is 0 Å². The molecule has 0 saturated carbocycles. The fourth-order valence-electron chi connectivity index (χ4n) is 1.89. The van der Waals surface area contributed by atoms with E-state index in [2.05, 4.69) is 15.0 Å². The van der Waals surface area contributed by atoms with E-state index in [1.807, 2.05) is 34.6 Å². The highest BCUT2D eigenvalue weighted by atomic mass is 16.5. The summed E-state index contributed by atoms with van der Waals surface area (Å²) < 4.78 is 4.65. The summed E-state index contributed by atoms with van der Waals surface area (Å²) in [6.07, 6.45) is 1.79. The Labute approximate surface area is 125 Å². The van der Waals surface area contributed by atoms with Crippen molar-refractivity contribution in [2.45, 2.75) is 41.0 Å². The molecule has 0 fully saturated rings. The van der Waals surface area contributed by atoms with Crippen LogP contribution in [0.2, 0.25) is 0 Å². The van der Waals surface area contributed by atoms with Gasteiger partial charge < -0.3 is 14.7 Å². The van der Waals surface area contributed by atoms with E-state index in [4.69, 9.17) is 0 Å². The molecule has 0 aliphatic rings. The Morgan fingerprint density at radius 1 is 1.38 bits per heavy atom. The summed E-state index contributed by atoms with van der Waals surface area (Å²) in [5.41, 5.74) is -0.102. The van der Waals surface area contributed by atoms with Crippen molar-refractivity contribution in [1.82, 2.24) is 10.1 Å². The van der Waals surface area contributed by atoms with Crippen molar-refractivity contribution < 1.29 is 14.1 Å². The summed E-state index contributed by atoms with van der Waals surface area (Å²) >= 11 is 0. The van der Waals surface area contributed by atoms with E-state index < -0.39 is 0 Å². The molecule has 1 rings (SSSR count). The largest absolute Gasteiger partial charge is 0.363 e. The summed E-state index contributed by atoms with van der Waals surface area (Å²) in [5.74, 6) is 0.375. The van der Waals surface area contributed by atoms with Gasteiger partial charge in [0.25, 0.3) is 0 Å². The average Bonchev–Trinajstić information content (AvgIpc) is 2.77. The van der Waals surface area contributed by atoms with Gasteiger partial charge in [-0.15, -0.1) is 0 Å². The van der Waals surface area contributed by atoms with Crippen molar-refractivity contribution in [2.24, 2.45) is 11.3 Å². The number of anilines is 1. The minimum atomic E-state index is -0.271. The van der Waals surface area contributed by atoms with Gasteiger partial charge in [-0.05, 0) is 11.3 Å². The van der Waals surface area contributed by atoms with E-state index in [0.29, 0.717) is 24.7 Å². The molecule has 0 atom stereocenters. The molecule has 1 N–H and O–H groups in total. The lowest BCUT2D eigenvalue weighted by atomic mass is 9.91. The van der Waals surface area contributed by atoms with Crippen molar-refractivity contribution in [3.63, 3.8) is 0 Å². The molecule has 0 aliphatic carbocycles. The lowest BCUT2D eigenvalue weighted by Gasteiger charge is -2.27. The maximum absolute atomic E-state index is 12.3. The Hall–Kier alpha value is -1.85. The monoisotopic (exact) mass is 295 g/mol. The van der Waals surface area contributed by atoms with Crippen LogP contribution in [0.1, 0.15) is 41.0 Å². The third-order valence-electron chi connectivity index (χ3n) is 2.66. The molecule has 2 amide bonds. The normalized spacial score (nSPS) is 11.5. The smallest absolute Gasteiger partial charge is 0.245 e. The van der Waals surface area contributed by atoms with Gasteiger partial charge >= 0.3 is 0 Å². The minimum absolute atomic E-state index is 0.00787. The Balaban J connectivity index is 2.64. The van der Waals surface area contributed by atoms with Crippen LogP contribution in [0.4, 0.5) is 5.82 Å². The van der Waals surface area contributed by atoms with Crippen LogP contribution in [-0.4, -0.2) is 35.0 Å². The topological polar surface area (TPSA) is 75.4 Å². The van der Waals surface area contributed by atoms with E-state index in [1.54, 1.807) is 11.0 Å². The maximum Gasteiger partial charge on any atom is 0.245 e. The molecule has 6 nitrogen and oxygen atoms in total.